The first-order valence-corrected chi connectivity index (χ1v) is 6.92. The minimum absolute atomic E-state index is 0.0974. The molecule has 0 saturated heterocycles. The van der Waals surface area contributed by atoms with Crippen LogP contribution in [-0.2, 0) is 11.2 Å². The van der Waals surface area contributed by atoms with Crippen LogP contribution in [0, 0.1) is 0 Å². The summed E-state index contributed by atoms with van der Waals surface area (Å²) in [6.07, 6.45) is 0.797. The predicted molar refractivity (Wildman–Crippen MR) is 61.9 cm³/mol. The van der Waals surface area contributed by atoms with Crippen molar-refractivity contribution >= 4 is 13.5 Å². The fraction of sp³-hybridized carbons (Fsp3) is 0.364. The summed E-state index contributed by atoms with van der Waals surface area (Å²) in [6, 6.07) is 9.62. The maximum absolute atomic E-state index is 10.8. The molecule has 0 spiro atoms. The van der Waals surface area contributed by atoms with Gasteiger partial charge in [0, 0.05) is 6.42 Å². The standard InChI is InChI=1S/C11H16O3P/c1-10(12)9-15(13,14)8-7-11-5-3-2-4-6-11/h2-6,13-14H,7-9H2,1H3/q+1. The van der Waals surface area contributed by atoms with Crippen molar-refractivity contribution in [3.63, 3.8) is 0 Å². The molecule has 0 heterocycles. The fourth-order valence-electron chi connectivity index (χ4n) is 1.39. The lowest BCUT2D eigenvalue weighted by molar-refractivity contribution is -0.114. The molecule has 0 fully saturated rings. The van der Waals surface area contributed by atoms with Gasteiger partial charge in [-0.3, -0.25) is 4.79 Å². The third-order valence-electron chi connectivity index (χ3n) is 2.08. The van der Waals surface area contributed by atoms with Gasteiger partial charge in [-0.05, 0) is 12.5 Å². The predicted octanol–water partition coefficient (Wildman–Crippen LogP) is 1.65. The van der Waals surface area contributed by atoms with Crippen LogP contribution in [0.4, 0.5) is 0 Å². The van der Waals surface area contributed by atoms with Crippen molar-refractivity contribution in [1.82, 2.24) is 0 Å². The second-order valence-corrected chi connectivity index (χ2v) is 6.22. The third kappa shape index (κ3) is 5.03. The van der Waals surface area contributed by atoms with Gasteiger partial charge < -0.3 is 0 Å². The number of hydrogen-bond donors (Lipinski definition) is 2. The van der Waals surface area contributed by atoms with Crippen LogP contribution in [0.15, 0.2) is 30.3 Å². The molecule has 0 aliphatic carbocycles. The Kier molecular flexibility index (Phi) is 4.40. The first-order valence-electron chi connectivity index (χ1n) is 4.85. The molecule has 2 N–H and O–H groups in total. The fourth-order valence-corrected chi connectivity index (χ4v) is 2.88. The van der Waals surface area contributed by atoms with E-state index in [1.165, 1.54) is 6.92 Å². The maximum Gasteiger partial charge on any atom is 0.275 e. The monoisotopic (exact) mass is 227 g/mol. The molecule has 0 atom stereocenters. The number of hydrogen-bond acceptors (Lipinski definition) is 3. The first-order chi connectivity index (χ1) is 6.99. The molecule has 0 radical (unpaired) electrons. The van der Waals surface area contributed by atoms with E-state index in [9.17, 15) is 14.6 Å². The summed E-state index contributed by atoms with van der Waals surface area (Å²) in [5.41, 5.74) is 1.06. The van der Waals surface area contributed by atoms with E-state index in [4.69, 9.17) is 0 Å². The van der Waals surface area contributed by atoms with E-state index < -0.39 is 7.72 Å². The molecular formula is C11H16O3P+. The average molecular weight is 227 g/mol. The Morgan fingerprint density at radius 3 is 2.40 bits per heavy atom. The van der Waals surface area contributed by atoms with Gasteiger partial charge in [0.15, 0.2) is 11.9 Å². The van der Waals surface area contributed by atoms with Crippen LogP contribution in [0.5, 0.6) is 0 Å². The molecule has 1 rings (SSSR count). The van der Waals surface area contributed by atoms with Gasteiger partial charge in [0.05, 0.1) is 0 Å². The van der Waals surface area contributed by atoms with Gasteiger partial charge >= 0.3 is 0 Å². The summed E-state index contributed by atoms with van der Waals surface area (Å²) in [7, 11) is -3.01. The molecule has 0 bridgehead atoms. The molecule has 0 aliphatic rings. The minimum Gasteiger partial charge on any atom is -0.296 e. The lowest BCUT2D eigenvalue weighted by Gasteiger charge is -2.10. The van der Waals surface area contributed by atoms with Crippen LogP contribution < -0.4 is 0 Å². The molecule has 0 aliphatic heterocycles. The highest BCUT2D eigenvalue weighted by molar-refractivity contribution is 7.65. The maximum atomic E-state index is 10.8. The Bertz CT molecular complexity index is 322. The van der Waals surface area contributed by atoms with Crippen LogP contribution >= 0.6 is 7.72 Å². The lowest BCUT2D eigenvalue weighted by Crippen LogP contribution is -2.10. The molecule has 0 unspecified atom stereocenters. The Morgan fingerprint density at radius 1 is 1.27 bits per heavy atom. The van der Waals surface area contributed by atoms with Crippen LogP contribution in [0.1, 0.15) is 12.5 Å². The second-order valence-electron chi connectivity index (χ2n) is 3.70. The third-order valence-corrected chi connectivity index (χ3v) is 3.97. The van der Waals surface area contributed by atoms with Crippen molar-refractivity contribution in [2.75, 3.05) is 12.3 Å². The van der Waals surface area contributed by atoms with E-state index in [1.807, 2.05) is 30.3 Å². The lowest BCUT2D eigenvalue weighted by atomic mass is 10.2. The van der Waals surface area contributed by atoms with Gasteiger partial charge in [0.25, 0.3) is 7.72 Å². The van der Waals surface area contributed by atoms with Crippen LogP contribution in [0.2, 0.25) is 0 Å². The zero-order chi connectivity index (χ0) is 11.3. The van der Waals surface area contributed by atoms with Crippen molar-refractivity contribution in [2.45, 2.75) is 13.3 Å². The summed E-state index contributed by atoms with van der Waals surface area (Å²) in [6.45, 7) is 1.38. The van der Waals surface area contributed by atoms with Gasteiger partial charge in [0.1, 0.15) is 6.16 Å². The zero-order valence-corrected chi connectivity index (χ0v) is 9.65. The van der Waals surface area contributed by atoms with Gasteiger partial charge in [-0.15, -0.1) is 0 Å². The van der Waals surface area contributed by atoms with Crippen LogP contribution in [0.3, 0.4) is 0 Å². The van der Waals surface area contributed by atoms with Crippen molar-refractivity contribution in [3.05, 3.63) is 35.9 Å². The molecule has 4 heteroatoms. The van der Waals surface area contributed by atoms with E-state index in [0.717, 1.165) is 5.56 Å². The van der Waals surface area contributed by atoms with Gasteiger partial charge in [0.2, 0.25) is 0 Å². The molecule has 0 amide bonds. The second kappa shape index (κ2) is 5.36. The summed E-state index contributed by atoms with van der Waals surface area (Å²) in [5.74, 6) is -0.165. The average Bonchev–Trinajstić information content (AvgIpc) is 2.15. The van der Waals surface area contributed by atoms with E-state index in [2.05, 4.69) is 0 Å². The first kappa shape index (κ1) is 12.3. The van der Waals surface area contributed by atoms with E-state index >= 15 is 0 Å². The normalized spacial score (nSPS) is 11.4. The number of carbonyl (C=O) groups is 1. The Hall–Kier alpha value is -0.760. The topological polar surface area (TPSA) is 57.5 Å². The Labute approximate surface area is 90.3 Å². The molecule has 15 heavy (non-hydrogen) atoms. The number of benzene rings is 1. The van der Waals surface area contributed by atoms with Crippen LogP contribution in [-0.4, -0.2) is 27.9 Å². The smallest absolute Gasteiger partial charge is 0.275 e. The molecule has 3 nitrogen and oxygen atoms in total. The zero-order valence-electron chi connectivity index (χ0n) is 8.76. The molecular weight excluding hydrogens is 211 g/mol. The number of aryl methyl sites for hydroxylation is 1. The van der Waals surface area contributed by atoms with Crippen LogP contribution in [0.25, 0.3) is 0 Å². The van der Waals surface area contributed by atoms with Gasteiger partial charge in [-0.2, -0.15) is 0 Å². The summed E-state index contributed by atoms with van der Waals surface area (Å²) in [5, 5.41) is 0. The Balaban J connectivity index is 2.46. The SMILES string of the molecule is CC(=O)C[P+](O)(O)CCc1ccccc1. The number of ketones is 1. The number of carbonyl (C=O) groups excluding carboxylic acids is 1. The highest BCUT2D eigenvalue weighted by Gasteiger charge is 2.34. The Morgan fingerprint density at radius 2 is 1.87 bits per heavy atom. The quantitative estimate of drug-likeness (QED) is 0.752. The highest BCUT2D eigenvalue weighted by Crippen LogP contribution is 2.49. The van der Waals surface area contributed by atoms with E-state index in [1.54, 1.807) is 0 Å². The van der Waals surface area contributed by atoms with Crippen molar-refractivity contribution in [1.29, 1.82) is 0 Å². The van der Waals surface area contributed by atoms with E-state index in [-0.39, 0.29) is 18.1 Å². The minimum atomic E-state index is -3.01. The number of Topliss-reactive ketones (excluding diaryl/α,β-unsaturated/α-hetero) is 1. The van der Waals surface area contributed by atoms with E-state index in [0.29, 0.717) is 6.42 Å². The van der Waals surface area contributed by atoms with Crippen molar-refractivity contribution in [2.24, 2.45) is 0 Å². The molecule has 0 saturated carbocycles. The largest absolute Gasteiger partial charge is 0.296 e. The van der Waals surface area contributed by atoms with Gasteiger partial charge in [-0.1, -0.05) is 30.3 Å². The van der Waals surface area contributed by atoms with Crippen molar-refractivity contribution in [3.8, 4) is 0 Å². The summed E-state index contributed by atoms with van der Waals surface area (Å²) in [4.78, 5) is 30.0. The molecule has 1 aromatic rings. The molecule has 82 valence electrons. The number of rotatable bonds is 5. The van der Waals surface area contributed by atoms with Gasteiger partial charge in [-0.25, -0.2) is 9.79 Å². The summed E-state index contributed by atoms with van der Waals surface area (Å²) < 4.78 is 0. The highest BCUT2D eigenvalue weighted by atomic mass is 31.2. The summed E-state index contributed by atoms with van der Waals surface area (Å²) >= 11 is 0. The molecule has 0 aromatic heterocycles. The van der Waals surface area contributed by atoms with Crippen molar-refractivity contribution < 1.29 is 14.6 Å². The molecule has 1 aromatic carbocycles.